The van der Waals surface area contributed by atoms with Crippen LogP contribution in [0.3, 0.4) is 0 Å². The lowest BCUT2D eigenvalue weighted by atomic mass is 9.80. The summed E-state index contributed by atoms with van der Waals surface area (Å²) in [6.45, 7) is 5.36. The van der Waals surface area contributed by atoms with E-state index in [4.69, 9.17) is 4.52 Å². The summed E-state index contributed by atoms with van der Waals surface area (Å²) in [5, 5.41) is 10.9. The van der Waals surface area contributed by atoms with Gasteiger partial charge in [0.05, 0.1) is 0 Å². The highest BCUT2D eigenvalue weighted by molar-refractivity contribution is 14.0. The Morgan fingerprint density at radius 2 is 2.04 bits per heavy atom. The molecule has 8 heteroatoms. The molecule has 0 radical (unpaired) electrons. The van der Waals surface area contributed by atoms with E-state index in [1.165, 1.54) is 25.7 Å². The Kier molecular flexibility index (Phi) is 9.14. The zero-order chi connectivity index (χ0) is 19.1. The number of pyridine rings is 1. The second-order valence-corrected chi connectivity index (χ2v) is 7.48. The molecule has 154 valence electrons. The van der Waals surface area contributed by atoms with E-state index in [1.54, 1.807) is 6.20 Å². The van der Waals surface area contributed by atoms with Gasteiger partial charge in [0.25, 0.3) is 5.89 Å². The van der Waals surface area contributed by atoms with Gasteiger partial charge in [0.15, 0.2) is 11.8 Å². The molecule has 0 saturated heterocycles. The normalized spacial score (nSPS) is 19.9. The van der Waals surface area contributed by atoms with Crippen molar-refractivity contribution in [3.63, 3.8) is 0 Å². The highest BCUT2D eigenvalue weighted by Gasteiger charge is 2.23. The summed E-state index contributed by atoms with van der Waals surface area (Å²) in [7, 11) is 1.81. The number of hydrogen-bond donors (Lipinski definition) is 2. The maximum atomic E-state index is 5.29. The second kappa shape index (κ2) is 11.3. The molecule has 2 aromatic heterocycles. The predicted octanol–water partition coefficient (Wildman–Crippen LogP) is 3.67. The van der Waals surface area contributed by atoms with Crippen LogP contribution in [0.4, 0.5) is 0 Å². The van der Waals surface area contributed by atoms with Crippen LogP contribution >= 0.6 is 24.0 Å². The van der Waals surface area contributed by atoms with Crippen molar-refractivity contribution in [2.24, 2.45) is 16.8 Å². The highest BCUT2D eigenvalue weighted by Crippen LogP contribution is 2.29. The molecule has 1 aliphatic rings. The average molecular weight is 498 g/mol. The molecule has 2 N–H and O–H groups in total. The quantitative estimate of drug-likeness (QED) is 0.359. The molecule has 0 atom stereocenters. The van der Waals surface area contributed by atoms with Crippen molar-refractivity contribution in [3.8, 4) is 11.6 Å². The number of nitrogens with one attached hydrogen (secondary N) is 2. The maximum absolute atomic E-state index is 5.29. The molecule has 0 spiro atoms. The molecule has 1 saturated carbocycles. The molecule has 1 fully saturated rings. The SMILES string of the molecule is CN=C(NCCc1noc(-c2ccccn2)n1)NC1CCC(C(C)C)CC1.I. The third-order valence-corrected chi connectivity index (χ3v) is 5.27. The Labute approximate surface area is 184 Å². The van der Waals surface area contributed by atoms with E-state index in [0.717, 1.165) is 17.8 Å². The Balaban J connectivity index is 0.00000280. The summed E-state index contributed by atoms with van der Waals surface area (Å²) in [6, 6.07) is 6.12. The van der Waals surface area contributed by atoms with Gasteiger partial charge >= 0.3 is 0 Å². The van der Waals surface area contributed by atoms with E-state index in [9.17, 15) is 0 Å². The number of aromatic nitrogens is 3. The molecule has 0 aliphatic heterocycles. The first-order valence-corrected chi connectivity index (χ1v) is 9.87. The molecule has 2 aromatic rings. The van der Waals surface area contributed by atoms with Crippen LogP contribution in [0, 0.1) is 11.8 Å². The van der Waals surface area contributed by atoms with Crippen molar-refractivity contribution in [3.05, 3.63) is 30.2 Å². The number of guanidine groups is 1. The predicted molar refractivity (Wildman–Crippen MR) is 122 cm³/mol. The largest absolute Gasteiger partial charge is 0.356 e. The maximum Gasteiger partial charge on any atom is 0.276 e. The molecule has 0 aromatic carbocycles. The lowest BCUT2D eigenvalue weighted by Gasteiger charge is -2.32. The van der Waals surface area contributed by atoms with Crippen LogP contribution in [0.15, 0.2) is 33.9 Å². The van der Waals surface area contributed by atoms with Crippen molar-refractivity contribution in [2.75, 3.05) is 13.6 Å². The molecular weight excluding hydrogens is 467 g/mol. The van der Waals surface area contributed by atoms with E-state index >= 15 is 0 Å². The first-order valence-electron chi connectivity index (χ1n) is 9.87. The Morgan fingerprint density at radius 1 is 1.25 bits per heavy atom. The van der Waals surface area contributed by atoms with Gasteiger partial charge in [-0.1, -0.05) is 25.1 Å². The van der Waals surface area contributed by atoms with Gasteiger partial charge < -0.3 is 15.2 Å². The Morgan fingerprint density at radius 3 is 2.68 bits per heavy atom. The molecule has 28 heavy (non-hydrogen) atoms. The van der Waals surface area contributed by atoms with E-state index in [0.29, 0.717) is 36.4 Å². The standard InChI is InChI=1S/C20H30N6O.HI/c1-14(2)15-7-9-16(10-8-15)24-20(21-3)23-13-11-18-25-19(27-26-18)17-6-4-5-12-22-17;/h4-6,12,14-16H,7-11,13H2,1-3H3,(H2,21,23,24);1H. The van der Waals surface area contributed by atoms with Gasteiger partial charge in [-0.2, -0.15) is 4.98 Å². The first kappa shape index (κ1) is 22.6. The van der Waals surface area contributed by atoms with Gasteiger partial charge in [-0.15, -0.1) is 24.0 Å². The van der Waals surface area contributed by atoms with Crippen LogP contribution in [0.1, 0.15) is 45.4 Å². The summed E-state index contributed by atoms with van der Waals surface area (Å²) < 4.78 is 5.29. The van der Waals surface area contributed by atoms with Gasteiger partial charge in [-0.05, 0) is 49.7 Å². The first-order chi connectivity index (χ1) is 13.2. The van der Waals surface area contributed by atoms with E-state index in [-0.39, 0.29) is 24.0 Å². The van der Waals surface area contributed by atoms with Gasteiger partial charge in [-0.3, -0.25) is 9.98 Å². The number of hydrogen-bond acceptors (Lipinski definition) is 5. The highest BCUT2D eigenvalue weighted by atomic mass is 127. The monoisotopic (exact) mass is 498 g/mol. The van der Waals surface area contributed by atoms with E-state index in [2.05, 4.69) is 44.6 Å². The summed E-state index contributed by atoms with van der Waals surface area (Å²) in [5.74, 6) is 3.61. The molecule has 2 heterocycles. The molecule has 0 amide bonds. The smallest absolute Gasteiger partial charge is 0.276 e. The van der Waals surface area contributed by atoms with Gasteiger partial charge in [0.1, 0.15) is 5.69 Å². The molecule has 0 bridgehead atoms. The summed E-state index contributed by atoms with van der Waals surface area (Å²) >= 11 is 0. The van der Waals surface area contributed by atoms with Crippen LogP contribution in [-0.4, -0.2) is 40.7 Å². The van der Waals surface area contributed by atoms with E-state index in [1.807, 2.05) is 25.2 Å². The fourth-order valence-electron chi connectivity index (χ4n) is 3.56. The molecule has 0 unspecified atom stereocenters. The number of nitrogens with zero attached hydrogens (tertiary/aromatic N) is 4. The Hall–Kier alpha value is -1.71. The molecule has 3 rings (SSSR count). The van der Waals surface area contributed by atoms with E-state index < -0.39 is 0 Å². The van der Waals surface area contributed by atoms with Crippen molar-refractivity contribution in [1.29, 1.82) is 0 Å². The third kappa shape index (κ3) is 6.42. The van der Waals surface area contributed by atoms with Gasteiger partial charge in [0.2, 0.25) is 0 Å². The van der Waals surface area contributed by atoms with Crippen molar-refractivity contribution in [2.45, 2.75) is 52.0 Å². The third-order valence-electron chi connectivity index (χ3n) is 5.27. The van der Waals surface area contributed by atoms with Crippen LogP contribution in [0.25, 0.3) is 11.6 Å². The van der Waals surface area contributed by atoms with Crippen molar-refractivity contribution < 1.29 is 4.52 Å². The van der Waals surface area contributed by atoms with Crippen LogP contribution in [0.5, 0.6) is 0 Å². The van der Waals surface area contributed by atoms with Crippen LogP contribution in [0.2, 0.25) is 0 Å². The van der Waals surface area contributed by atoms with Gasteiger partial charge in [0, 0.05) is 32.3 Å². The van der Waals surface area contributed by atoms with Crippen LogP contribution < -0.4 is 10.6 Å². The zero-order valence-electron chi connectivity index (χ0n) is 16.9. The number of aliphatic imine (C=N–C) groups is 1. The minimum Gasteiger partial charge on any atom is -0.356 e. The average Bonchev–Trinajstić information content (AvgIpc) is 3.17. The minimum absolute atomic E-state index is 0. The number of rotatable bonds is 6. The fourth-order valence-corrected chi connectivity index (χ4v) is 3.56. The molecule has 1 aliphatic carbocycles. The zero-order valence-corrected chi connectivity index (χ0v) is 19.2. The van der Waals surface area contributed by atoms with Crippen molar-refractivity contribution >= 4 is 29.9 Å². The summed E-state index contributed by atoms with van der Waals surface area (Å²) in [4.78, 5) is 13.0. The van der Waals surface area contributed by atoms with Crippen molar-refractivity contribution in [1.82, 2.24) is 25.8 Å². The van der Waals surface area contributed by atoms with Gasteiger partial charge in [-0.25, -0.2) is 0 Å². The second-order valence-electron chi connectivity index (χ2n) is 7.48. The lowest BCUT2D eigenvalue weighted by Crippen LogP contribution is -2.45. The van der Waals surface area contributed by atoms with Crippen LogP contribution in [-0.2, 0) is 6.42 Å². The summed E-state index contributed by atoms with van der Waals surface area (Å²) in [6.07, 6.45) is 7.39. The fraction of sp³-hybridized carbons (Fsp3) is 0.600. The number of halogens is 1. The minimum atomic E-state index is 0. The Bertz CT molecular complexity index is 725. The summed E-state index contributed by atoms with van der Waals surface area (Å²) in [5.41, 5.74) is 0.693. The molecule has 7 nitrogen and oxygen atoms in total. The molecular formula is C20H31IN6O. The lowest BCUT2D eigenvalue weighted by molar-refractivity contribution is 0.250. The topological polar surface area (TPSA) is 88.2 Å².